The zero-order chi connectivity index (χ0) is 18.1. The summed E-state index contributed by atoms with van der Waals surface area (Å²) in [5.74, 6) is -0.123. The highest BCUT2D eigenvalue weighted by atomic mass is 16.2. The quantitative estimate of drug-likeness (QED) is 0.726. The Bertz CT molecular complexity index is 674. The smallest absolute Gasteiger partial charge is 0.321 e. The lowest BCUT2D eigenvalue weighted by Gasteiger charge is -2.21. The van der Waals surface area contributed by atoms with E-state index in [4.69, 9.17) is 0 Å². The average Bonchev–Trinajstić information content (AvgIpc) is 2.63. The molecule has 0 aliphatic carbocycles. The van der Waals surface area contributed by atoms with Crippen LogP contribution in [-0.4, -0.2) is 25.0 Å². The second-order valence-electron chi connectivity index (χ2n) is 5.91. The first kappa shape index (κ1) is 18.7. The minimum absolute atomic E-state index is 0.240. The van der Waals surface area contributed by atoms with Crippen molar-refractivity contribution in [2.24, 2.45) is 0 Å². The highest BCUT2D eigenvalue weighted by Crippen LogP contribution is 2.17. The van der Waals surface area contributed by atoms with Gasteiger partial charge in [0.25, 0.3) is 0 Å². The van der Waals surface area contributed by atoms with Gasteiger partial charge in [0.2, 0.25) is 5.91 Å². The third-order valence-corrected chi connectivity index (χ3v) is 3.97. The fourth-order valence-electron chi connectivity index (χ4n) is 2.59. The SMILES string of the molecule is CCNC(=O)NC(=O)[C@@H](NC[C@H](C)c1ccccc1)c1ccccc1. The lowest BCUT2D eigenvalue weighted by atomic mass is 10.00. The Morgan fingerprint density at radius 1 is 0.920 bits per heavy atom. The first-order valence-corrected chi connectivity index (χ1v) is 8.53. The normalized spacial score (nSPS) is 12.9. The number of amides is 3. The molecule has 5 nitrogen and oxygen atoms in total. The Hall–Kier alpha value is -2.66. The van der Waals surface area contributed by atoms with E-state index in [1.807, 2.05) is 48.5 Å². The summed E-state index contributed by atoms with van der Waals surface area (Å²) in [5, 5.41) is 8.26. The van der Waals surface area contributed by atoms with Gasteiger partial charge in [-0.15, -0.1) is 0 Å². The number of hydrogen-bond acceptors (Lipinski definition) is 3. The van der Waals surface area contributed by atoms with Crippen molar-refractivity contribution in [2.45, 2.75) is 25.8 Å². The topological polar surface area (TPSA) is 70.2 Å². The van der Waals surface area contributed by atoms with E-state index in [-0.39, 0.29) is 11.8 Å². The van der Waals surface area contributed by atoms with Gasteiger partial charge in [-0.2, -0.15) is 0 Å². The molecule has 0 heterocycles. The number of benzene rings is 2. The van der Waals surface area contributed by atoms with E-state index in [1.165, 1.54) is 5.56 Å². The van der Waals surface area contributed by atoms with Crippen molar-refractivity contribution in [3.8, 4) is 0 Å². The third kappa shape index (κ3) is 5.72. The van der Waals surface area contributed by atoms with Crippen LogP contribution in [-0.2, 0) is 4.79 Å². The van der Waals surface area contributed by atoms with E-state index in [2.05, 4.69) is 35.0 Å². The van der Waals surface area contributed by atoms with Crippen LogP contribution in [0.25, 0.3) is 0 Å². The van der Waals surface area contributed by atoms with E-state index in [0.29, 0.717) is 13.1 Å². The number of urea groups is 1. The molecular formula is C20H25N3O2. The standard InChI is InChI=1S/C20H25N3O2/c1-3-21-20(25)23-19(24)18(17-12-8-5-9-13-17)22-14-15(2)16-10-6-4-7-11-16/h4-13,15,18,22H,3,14H2,1-2H3,(H2,21,23,24,25)/t15-,18-/m0/s1. The molecular weight excluding hydrogens is 314 g/mol. The fraction of sp³-hybridized carbons (Fsp3) is 0.300. The molecule has 5 heteroatoms. The summed E-state index contributed by atoms with van der Waals surface area (Å²) in [6.07, 6.45) is 0. The maximum absolute atomic E-state index is 12.5. The number of nitrogens with one attached hydrogen (secondary N) is 3. The lowest BCUT2D eigenvalue weighted by Crippen LogP contribution is -2.45. The molecule has 0 bridgehead atoms. The summed E-state index contributed by atoms with van der Waals surface area (Å²) in [4.78, 5) is 24.2. The van der Waals surface area contributed by atoms with Crippen molar-refractivity contribution in [1.29, 1.82) is 0 Å². The van der Waals surface area contributed by atoms with Crippen LogP contribution in [0.3, 0.4) is 0 Å². The first-order chi connectivity index (χ1) is 12.1. The molecule has 0 unspecified atom stereocenters. The van der Waals surface area contributed by atoms with Gasteiger partial charge in [0.05, 0.1) is 0 Å². The molecule has 2 aromatic rings. The molecule has 3 amide bonds. The molecule has 2 rings (SSSR count). The first-order valence-electron chi connectivity index (χ1n) is 8.53. The number of imide groups is 1. The maximum Gasteiger partial charge on any atom is 0.321 e. The Kier molecular flexibility index (Phi) is 7.16. The van der Waals surface area contributed by atoms with E-state index in [1.54, 1.807) is 6.92 Å². The summed E-state index contributed by atoms with van der Waals surface area (Å²) < 4.78 is 0. The van der Waals surface area contributed by atoms with Crippen LogP contribution >= 0.6 is 0 Å². The van der Waals surface area contributed by atoms with Crippen LogP contribution in [0.5, 0.6) is 0 Å². The van der Waals surface area contributed by atoms with Crippen molar-refractivity contribution in [3.05, 3.63) is 71.8 Å². The molecule has 0 fully saturated rings. The van der Waals surface area contributed by atoms with Crippen LogP contribution < -0.4 is 16.0 Å². The van der Waals surface area contributed by atoms with Crippen molar-refractivity contribution in [3.63, 3.8) is 0 Å². The minimum Gasteiger partial charge on any atom is -0.338 e. The Morgan fingerprint density at radius 3 is 2.04 bits per heavy atom. The predicted molar refractivity (Wildman–Crippen MR) is 99.3 cm³/mol. The summed E-state index contributed by atoms with van der Waals surface area (Å²) in [6, 6.07) is 18.5. The van der Waals surface area contributed by atoms with Crippen LogP contribution in [0.1, 0.15) is 36.9 Å². The number of carbonyl (C=O) groups is 2. The number of carbonyl (C=O) groups excluding carboxylic acids is 2. The minimum atomic E-state index is -0.588. The van der Waals surface area contributed by atoms with Gasteiger partial charge in [-0.1, -0.05) is 67.6 Å². The molecule has 25 heavy (non-hydrogen) atoms. The molecule has 0 saturated carbocycles. The van der Waals surface area contributed by atoms with Gasteiger partial charge < -0.3 is 10.6 Å². The summed E-state index contributed by atoms with van der Waals surface area (Å²) in [7, 11) is 0. The van der Waals surface area contributed by atoms with Gasteiger partial charge >= 0.3 is 6.03 Å². The molecule has 0 aliphatic rings. The van der Waals surface area contributed by atoms with Gasteiger partial charge in [0.15, 0.2) is 0 Å². The van der Waals surface area contributed by atoms with Crippen molar-refractivity contribution >= 4 is 11.9 Å². The number of rotatable bonds is 7. The molecule has 0 aromatic heterocycles. The zero-order valence-corrected chi connectivity index (χ0v) is 14.7. The van der Waals surface area contributed by atoms with E-state index >= 15 is 0 Å². The molecule has 132 valence electrons. The van der Waals surface area contributed by atoms with E-state index in [0.717, 1.165) is 5.56 Å². The van der Waals surface area contributed by atoms with E-state index in [9.17, 15) is 9.59 Å². The molecule has 3 N–H and O–H groups in total. The monoisotopic (exact) mass is 339 g/mol. The second kappa shape index (κ2) is 9.59. The maximum atomic E-state index is 12.5. The van der Waals surface area contributed by atoms with Gasteiger partial charge in [-0.05, 0) is 24.0 Å². The van der Waals surface area contributed by atoms with Crippen molar-refractivity contribution < 1.29 is 9.59 Å². The summed E-state index contributed by atoms with van der Waals surface area (Å²) >= 11 is 0. The summed E-state index contributed by atoms with van der Waals surface area (Å²) in [6.45, 7) is 4.99. The summed E-state index contributed by atoms with van der Waals surface area (Å²) in [5.41, 5.74) is 2.02. The second-order valence-corrected chi connectivity index (χ2v) is 5.91. The van der Waals surface area contributed by atoms with Gasteiger partial charge in [-0.3, -0.25) is 10.1 Å². The fourth-order valence-corrected chi connectivity index (χ4v) is 2.59. The Balaban J connectivity index is 2.07. The van der Waals surface area contributed by atoms with Gasteiger partial charge in [0, 0.05) is 13.1 Å². The largest absolute Gasteiger partial charge is 0.338 e. The van der Waals surface area contributed by atoms with Crippen LogP contribution in [0.4, 0.5) is 4.79 Å². The third-order valence-electron chi connectivity index (χ3n) is 3.97. The van der Waals surface area contributed by atoms with Crippen molar-refractivity contribution in [1.82, 2.24) is 16.0 Å². The highest BCUT2D eigenvalue weighted by molar-refractivity contribution is 5.97. The van der Waals surface area contributed by atoms with E-state index < -0.39 is 12.1 Å². The zero-order valence-electron chi connectivity index (χ0n) is 14.7. The molecule has 0 saturated heterocycles. The average molecular weight is 339 g/mol. The lowest BCUT2D eigenvalue weighted by molar-refractivity contribution is -0.122. The predicted octanol–water partition coefficient (Wildman–Crippen LogP) is 2.97. The Morgan fingerprint density at radius 2 is 1.48 bits per heavy atom. The van der Waals surface area contributed by atoms with Crippen LogP contribution in [0.2, 0.25) is 0 Å². The highest BCUT2D eigenvalue weighted by Gasteiger charge is 2.22. The van der Waals surface area contributed by atoms with Crippen molar-refractivity contribution in [2.75, 3.05) is 13.1 Å². The van der Waals surface area contributed by atoms with Crippen LogP contribution in [0.15, 0.2) is 60.7 Å². The molecule has 0 spiro atoms. The molecule has 0 aliphatic heterocycles. The molecule has 2 atom stereocenters. The molecule has 0 radical (unpaired) electrons. The van der Waals surface area contributed by atoms with Gasteiger partial charge in [-0.25, -0.2) is 4.79 Å². The Labute approximate surface area is 148 Å². The van der Waals surface area contributed by atoms with Crippen LogP contribution in [0, 0.1) is 0 Å². The number of hydrogen-bond donors (Lipinski definition) is 3. The molecule has 2 aromatic carbocycles. The van der Waals surface area contributed by atoms with Gasteiger partial charge in [0.1, 0.15) is 6.04 Å².